The maximum absolute atomic E-state index is 12.7. The van der Waals surface area contributed by atoms with Gasteiger partial charge in [-0.2, -0.15) is 0 Å². The topological polar surface area (TPSA) is 88.6 Å². The van der Waals surface area contributed by atoms with E-state index in [0.29, 0.717) is 17.4 Å². The number of benzene rings is 2. The van der Waals surface area contributed by atoms with Crippen LogP contribution in [0.5, 0.6) is 5.75 Å². The molecule has 2 aromatic heterocycles. The minimum Gasteiger partial charge on any atom is -0.497 e. The SMILES string of the molecule is COc1cccc(CNC(=O)c2ccc(-c3ccnc(Nc4ccc(CN5CCOCC5)cc4)n3)s2)c1. The van der Waals surface area contributed by atoms with E-state index in [4.69, 9.17) is 9.47 Å². The van der Waals surface area contributed by atoms with E-state index in [1.165, 1.54) is 16.9 Å². The lowest BCUT2D eigenvalue weighted by Gasteiger charge is -2.26. The van der Waals surface area contributed by atoms with Gasteiger partial charge in [-0.05, 0) is 53.6 Å². The molecule has 2 aromatic carbocycles. The van der Waals surface area contributed by atoms with Crippen molar-refractivity contribution in [2.45, 2.75) is 13.1 Å². The molecular weight excluding hydrogens is 486 g/mol. The first-order valence-electron chi connectivity index (χ1n) is 12.2. The summed E-state index contributed by atoms with van der Waals surface area (Å²) >= 11 is 1.40. The molecule has 1 fully saturated rings. The summed E-state index contributed by atoms with van der Waals surface area (Å²) in [7, 11) is 1.63. The molecule has 0 atom stereocenters. The first-order chi connectivity index (χ1) is 18.2. The Morgan fingerprint density at radius 1 is 1.05 bits per heavy atom. The number of anilines is 2. The van der Waals surface area contributed by atoms with Gasteiger partial charge in [-0.3, -0.25) is 9.69 Å². The van der Waals surface area contributed by atoms with Gasteiger partial charge in [-0.25, -0.2) is 9.97 Å². The third-order valence-corrected chi connectivity index (χ3v) is 7.15. The van der Waals surface area contributed by atoms with Crippen LogP contribution in [0.2, 0.25) is 0 Å². The fourth-order valence-corrected chi connectivity index (χ4v) is 4.94. The van der Waals surface area contributed by atoms with E-state index >= 15 is 0 Å². The number of nitrogens with one attached hydrogen (secondary N) is 2. The lowest BCUT2D eigenvalue weighted by Crippen LogP contribution is -2.35. The molecule has 4 aromatic rings. The summed E-state index contributed by atoms with van der Waals surface area (Å²) in [5.74, 6) is 1.15. The quantitative estimate of drug-likeness (QED) is 0.333. The van der Waals surface area contributed by atoms with E-state index in [1.54, 1.807) is 13.3 Å². The summed E-state index contributed by atoms with van der Waals surface area (Å²) < 4.78 is 10.7. The van der Waals surface area contributed by atoms with Gasteiger partial charge in [-0.1, -0.05) is 24.3 Å². The molecule has 2 N–H and O–H groups in total. The van der Waals surface area contributed by atoms with E-state index in [1.807, 2.05) is 54.6 Å². The van der Waals surface area contributed by atoms with E-state index in [9.17, 15) is 4.79 Å². The van der Waals surface area contributed by atoms with Crippen molar-refractivity contribution < 1.29 is 14.3 Å². The molecule has 0 aliphatic carbocycles. The van der Waals surface area contributed by atoms with Gasteiger partial charge in [0.15, 0.2) is 0 Å². The molecule has 0 bridgehead atoms. The van der Waals surface area contributed by atoms with Crippen LogP contribution in [0, 0.1) is 0 Å². The lowest BCUT2D eigenvalue weighted by molar-refractivity contribution is 0.0342. The third kappa shape index (κ3) is 6.71. The molecule has 1 aliphatic heterocycles. The number of carbonyl (C=O) groups is 1. The van der Waals surface area contributed by atoms with Crippen molar-refractivity contribution in [3.05, 3.63) is 88.9 Å². The number of thiophene rings is 1. The van der Waals surface area contributed by atoms with Crippen LogP contribution in [0.3, 0.4) is 0 Å². The van der Waals surface area contributed by atoms with Crippen molar-refractivity contribution in [3.63, 3.8) is 0 Å². The van der Waals surface area contributed by atoms with Crippen LogP contribution in [0.25, 0.3) is 10.6 Å². The van der Waals surface area contributed by atoms with Crippen LogP contribution in [0.1, 0.15) is 20.8 Å². The van der Waals surface area contributed by atoms with E-state index in [0.717, 1.165) is 60.4 Å². The molecular formula is C28H29N5O3S. The standard InChI is InChI=1S/C28H29N5O3S/c1-35-23-4-2-3-21(17-23)18-30-27(34)26-10-9-25(37-26)24-11-12-29-28(32-24)31-22-7-5-20(6-8-22)19-33-13-15-36-16-14-33/h2-12,17H,13-16,18-19H2,1H3,(H,30,34)(H,29,31,32). The molecule has 0 spiro atoms. The second kappa shape index (κ2) is 12.0. The third-order valence-electron chi connectivity index (χ3n) is 6.04. The van der Waals surface area contributed by atoms with Crippen LogP contribution < -0.4 is 15.4 Å². The summed E-state index contributed by atoms with van der Waals surface area (Å²) in [5.41, 5.74) is 3.92. The number of hydrogen-bond donors (Lipinski definition) is 2. The Hall–Kier alpha value is -3.79. The Morgan fingerprint density at radius 3 is 2.70 bits per heavy atom. The summed E-state index contributed by atoms with van der Waals surface area (Å²) in [5, 5.41) is 6.25. The number of carbonyl (C=O) groups excluding carboxylic acids is 1. The van der Waals surface area contributed by atoms with Crippen molar-refractivity contribution in [1.82, 2.24) is 20.2 Å². The zero-order chi connectivity index (χ0) is 25.5. The Bertz CT molecular complexity index is 1340. The second-order valence-electron chi connectivity index (χ2n) is 8.67. The van der Waals surface area contributed by atoms with Crippen molar-refractivity contribution in [2.75, 3.05) is 38.7 Å². The average molecular weight is 516 g/mol. The minimum absolute atomic E-state index is 0.122. The van der Waals surface area contributed by atoms with Gasteiger partial charge < -0.3 is 20.1 Å². The zero-order valence-electron chi connectivity index (χ0n) is 20.6. The van der Waals surface area contributed by atoms with Crippen LogP contribution >= 0.6 is 11.3 Å². The van der Waals surface area contributed by atoms with Gasteiger partial charge in [0, 0.05) is 38.1 Å². The number of amides is 1. The Morgan fingerprint density at radius 2 is 1.89 bits per heavy atom. The fourth-order valence-electron chi connectivity index (χ4n) is 4.05. The normalized spacial score (nSPS) is 13.8. The summed E-state index contributed by atoms with van der Waals surface area (Å²) in [6.07, 6.45) is 1.72. The van der Waals surface area contributed by atoms with Gasteiger partial charge >= 0.3 is 0 Å². The first kappa shape index (κ1) is 24.9. The summed E-state index contributed by atoms with van der Waals surface area (Å²) in [6, 6.07) is 21.6. The van der Waals surface area contributed by atoms with Gasteiger partial charge in [0.1, 0.15) is 5.75 Å². The molecule has 1 aliphatic rings. The predicted molar refractivity (Wildman–Crippen MR) is 145 cm³/mol. The van der Waals surface area contributed by atoms with Crippen molar-refractivity contribution >= 4 is 28.9 Å². The number of methoxy groups -OCH3 is 1. The monoisotopic (exact) mass is 515 g/mol. The molecule has 0 saturated carbocycles. The highest BCUT2D eigenvalue weighted by Gasteiger charge is 2.13. The summed E-state index contributed by atoms with van der Waals surface area (Å²) in [4.78, 5) is 25.6. The molecule has 37 heavy (non-hydrogen) atoms. The van der Waals surface area contributed by atoms with E-state index in [-0.39, 0.29) is 5.91 Å². The molecule has 0 unspecified atom stereocenters. The van der Waals surface area contributed by atoms with Crippen LogP contribution in [-0.2, 0) is 17.8 Å². The molecule has 1 saturated heterocycles. The first-order valence-corrected chi connectivity index (χ1v) is 13.0. The van der Waals surface area contributed by atoms with Crippen molar-refractivity contribution in [2.24, 2.45) is 0 Å². The van der Waals surface area contributed by atoms with E-state index in [2.05, 4.69) is 37.6 Å². The van der Waals surface area contributed by atoms with Crippen molar-refractivity contribution in [3.8, 4) is 16.3 Å². The van der Waals surface area contributed by atoms with Crippen LogP contribution in [0.15, 0.2) is 72.9 Å². The highest BCUT2D eigenvalue weighted by Crippen LogP contribution is 2.28. The molecule has 3 heterocycles. The van der Waals surface area contributed by atoms with Gasteiger partial charge in [0.2, 0.25) is 5.95 Å². The van der Waals surface area contributed by atoms with Crippen molar-refractivity contribution in [1.29, 1.82) is 0 Å². The Labute approximate surface area is 220 Å². The Kier molecular flexibility index (Phi) is 8.05. The maximum atomic E-state index is 12.7. The largest absolute Gasteiger partial charge is 0.497 e. The van der Waals surface area contributed by atoms with Gasteiger partial charge in [0.05, 0.1) is 35.8 Å². The lowest BCUT2D eigenvalue weighted by atomic mass is 10.2. The zero-order valence-corrected chi connectivity index (χ0v) is 21.5. The highest BCUT2D eigenvalue weighted by atomic mass is 32.1. The number of ether oxygens (including phenoxy) is 2. The summed E-state index contributed by atoms with van der Waals surface area (Å²) in [6.45, 7) is 4.88. The van der Waals surface area contributed by atoms with Crippen LogP contribution in [0.4, 0.5) is 11.6 Å². The highest BCUT2D eigenvalue weighted by molar-refractivity contribution is 7.17. The number of rotatable bonds is 9. The molecule has 190 valence electrons. The number of hydrogen-bond acceptors (Lipinski definition) is 8. The van der Waals surface area contributed by atoms with Gasteiger partial charge in [-0.15, -0.1) is 11.3 Å². The molecule has 1 amide bonds. The second-order valence-corrected chi connectivity index (χ2v) is 9.76. The number of nitrogens with zero attached hydrogens (tertiary/aromatic N) is 3. The number of aromatic nitrogens is 2. The molecule has 8 nitrogen and oxygen atoms in total. The van der Waals surface area contributed by atoms with E-state index < -0.39 is 0 Å². The molecule has 9 heteroatoms. The average Bonchev–Trinajstić information content (AvgIpc) is 3.44. The van der Waals surface area contributed by atoms with Gasteiger partial charge in [0.25, 0.3) is 5.91 Å². The predicted octanol–water partition coefficient (Wildman–Crippen LogP) is 4.72. The molecule has 5 rings (SSSR count). The van der Waals surface area contributed by atoms with Crippen LogP contribution in [-0.4, -0.2) is 54.2 Å². The number of morpholine rings is 1. The minimum atomic E-state index is -0.122. The smallest absolute Gasteiger partial charge is 0.261 e. The maximum Gasteiger partial charge on any atom is 0.261 e. The Balaban J connectivity index is 1.19. The fraction of sp³-hybridized carbons (Fsp3) is 0.250. The molecule has 0 radical (unpaired) electrons.